The molecule has 2 fully saturated rings. The second-order valence-corrected chi connectivity index (χ2v) is 6.50. The largest absolute Gasteiger partial charge is 0.311 e. The van der Waals surface area contributed by atoms with Gasteiger partial charge in [0, 0.05) is 31.2 Å². The Labute approximate surface area is 111 Å². The summed E-state index contributed by atoms with van der Waals surface area (Å²) >= 11 is 0. The summed E-state index contributed by atoms with van der Waals surface area (Å²) < 4.78 is 12.5. The quantitative estimate of drug-likeness (QED) is 0.832. The van der Waals surface area contributed by atoms with E-state index >= 15 is 0 Å². The number of nitrogens with zero attached hydrogens (tertiary/aromatic N) is 1. The van der Waals surface area contributed by atoms with Crippen LogP contribution in [-0.4, -0.2) is 42.8 Å². The maximum absolute atomic E-state index is 12.5. The summed E-state index contributed by atoms with van der Waals surface area (Å²) in [5.74, 6) is 0.666. The lowest BCUT2D eigenvalue weighted by atomic mass is 9.77. The third-order valence-corrected chi connectivity index (χ3v) is 4.93. The number of nitrogens with one attached hydrogen (secondary N) is 1. The molecule has 0 radical (unpaired) electrons. The minimum atomic E-state index is -0.174. The van der Waals surface area contributed by atoms with Gasteiger partial charge in [-0.25, -0.2) is 0 Å². The van der Waals surface area contributed by atoms with Gasteiger partial charge in [-0.05, 0) is 25.2 Å². The van der Waals surface area contributed by atoms with E-state index in [1.165, 1.54) is 32.1 Å². The molecule has 0 amide bonds. The van der Waals surface area contributed by atoms with E-state index in [1.807, 2.05) is 0 Å². The minimum absolute atomic E-state index is 0.174. The fourth-order valence-electron chi connectivity index (χ4n) is 3.66. The summed E-state index contributed by atoms with van der Waals surface area (Å²) in [6.07, 6.45) is 7.38. The number of hydrogen-bond donors (Lipinski definition) is 1. The third kappa shape index (κ3) is 3.05. The van der Waals surface area contributed by atoms with Crippen LogP contribution in [0.4, 0.5) is 4.39 Å². The highest BCUT2D eigenvalue weighted by Gasteiger charge is 2.42. The lowest BCUT2D eigenvalue weighted by Gasteiger charge is -2.53. The van der Waals surface area contributed by atoms with Gasteiger partial charge in [0.05, 0.1) is 6.67 Å². The molecule has 1 spiro atoms. The van der Waals surface area contributed by atoms with Crippen molar-refractivity contribution >= 4 is 0 Å². The van der Waals surface area contributed by atoms with Crippen molar-refractivity contribution in [1.82, 2.24) is 10.2 Å². The predicted octanol–water partition coefficient (Wildman–Crippen LogP) is 2.98. The summed E-state index contributed by atoms with van der Waals surface area (Å²) in [6, 6.07) is 0.581. The Morgan fingerprint density at radius 3 is 2.61 bits per heavy atom. The molecule has 1 N–H and O–H groups in total. The van der Waals surface area contributed by atoms with Gasteiger partial charge in [0.1, 0.15) is 0 Å². The average Bonchev–Trinajstić information content (AvgIpc) is 2.38. The van der Waals surface area contributed by atoms with Crippen molar-refractivity contribution in [3.63, 3.8) is 0 Å². The lowest BCUT2D eigenvalue weighted by molar-refractivity contribution is 0.000488. The maximum atomic E-state index is 12.5. The number of piperazine rings is 1. The molecular formula is C15H29FN2. The van der Waals surface area contributed by atoms with Gasteiger partial charge in [-0.1, -0.05) is 33.1 Å². The van der Waals surface area contributed by atoms with Gasteiger partial charge in [-0.3, -0.25) is 9.29 Å². The summed E-state index contributed by atoms with van der Waals surface area (Å²) in [5.41, 5.74) is 0.346. The molecule has 1 saturated heterocycles. The highest BCUT2D eigenvalue weighted by Crippen LogP contribution is 2.36. The zero-order chi connectivity index (χ0) is 13.0. The molecular weight excluding hydrogens is 227 g/mol. The molecule has 3 heteroatoms. The molecule has 0 bridgehead atoms. The SMILES string of the molecule is CC(C)C1CN(CCCF)C2(CCCCC2)CN1. The van der Waals surface area contributed by atoms with E-state index in [1.54, 1.807) is 0 Å². The first-order chi connectivity index (χ1) is 8.68. The van der Waals surface area contributed by atoms with Crippen LogP contribution in [0.2, 0.25) is 0 Å². The van der Waals surface area contributed by atoms with E-state index in [-0.39, 0.29) is 6.67 Å². The Balaban J connectivity index is 2.03. The van der Waals surface area contributed by atoms with Crippen molar-refractivity contribution in [2.75, 3.05) is 26.3 Å². The minimum Gasteiger partial charge on any atom is -0.311 e. The first kappa shape index (κ1) is 14.3. The van der Waals surface area contributed by atoms with Crippen molar-refractivity contribution in [3.8, 4) is 0 Å². The van der Waals surface area contributed by atoms with Crippen LogP contribution < -0.4 is 5.32 Å². The van der Waals surface area contributed by atoms with Crippen molar-refractivity contribution in [2.45, 2.75) is 64.0 Å². The summed E-state index contributed by atoms with van der Waals surface area (Å²) in [6.45, 7) is 7.56. The molecule has 18 heavy (non-hydrogen) atoms. The number of hydrogen-bond acceptors (Lipinski definition) is 2. The molecule has 2 rings (SSSR count). The van der Waals surface area contributed by atoms with Crippen LogP contribution in [0.1, 0.15) is 52.4 Å². The normalized spacial score (nSPS) is 29.0. The van der Waals surface area contributed by atoms with E-state index in [9.17, 15) is 4.39 Å². The molecule has 1 heterocycles. The van der Waals surface area contributed by atoms with Gasteiger partial charge in [-0.15, -0.1) is 0 Å². The maximum Gasteiger partial charge on any atom is 0.0906 e. The second kappa shape index (κ2) is 6.33. The topological polar surface area (TPSA) is 15.3 Å². The molecule has 1 aliphatic heterocycles. The Bertz CT molecular complexity index is 249. The van der Waals surface area contributed by atoms with Gasteiger partial charge in [0.2, 0.25) is 0 Å². The van der Waals surface area contributed by atoms with E-state index < -0.39 is 0 Å². The van der Waals surface area contributed by atoms with Gasteiger partial charge < -0.3 is 5.32 Å². The Morgan fingerprint density at radius 1 is 1.28 bits per heavy atom. The predicted molar refractivity (Wildman–Crippen MR) is 74.6 cm³/mol. The zero-order valence-corrected chi connectivity index (χ0v) is 12.1. The monoisotopic (exact) mass is 256 g/mol. The van der Waals surface area contributed by atoms with Crippen molar-refractivity contribution in [1.29, 1.82) is 0 Å². The molecule has 106 valence electrons. The first-order valence-corrected chi connectivity index (χ1v) is 7.72. The second-order valence-electron chi connectivity index (χ2n) is 6.50. The lowest BCUT2D eigenvalue weighted by Crippen LogP contribution is -2.66. The van der Waals surface area contributed by atoms with E-state index in [0.717, 1.165) is 19.6 Å². The summed E-state index contributed by atoms with van der Waals surface area (Å²) in [5, 5.41) is 3.75. The summed E-state index contributed by atoms with van der Waals surface area (Å²) in [4.78, 5) is 2.62. The van der Waals surface area contributed by atoms with Crippen LogP contribution in [-0.2, 0) is 0 Å². The Morgan fingerprint density at radius 2 is 2.00 bits per heavy atom. The van der Waals surface area contributed by atoms with Crippen LogP contribution in [0.25, 0.3) is 0 Å². The third-order valence-electron chi connectivity index (χ3n) is 4.93. The number of alkyl halides is 1. The molecule has 1 aliphatic carbocycles. The number of rotatable bonds is 4. The van der Waals surface area contributed by atoms with Crippen LogP contribution in [0.3, 0.4) is 0 Å². The van der Waals surface area contributed by atoms with E-state index in [0.29, 0.717) is 23.9 Å². The fourth-order valence-corrected chi connectivity index (χ4v) is 3.66. The fraction of sp³-hybridized carbons (Fsp3) is 1.00. The molecule has 1 saturated carbocycles. The Kier molecular flexibility index (Phi) is 5.02. The average molecular weight is 256 g/mol. The van der Waals surface area contributed by atoms with Gasteiger partial charge >= 0.3 is 0 Å². The van der Waals surface area contributed by atoms with Crippen molar-refractivity contribution < 1.29 is 4.39 Å². The van der Waals surface area contributed by atoms with Crippen LogP contribution >= 0.6 is 0 Å². The van der Waals surface area contributed by atoms with Crippen molar-refractivity contribution in [3.05, 3.63) is 0 Å². The van der Waals surface area contributed by atoms with Gasteiger partial charge in [-0.2, -0.15) is 0 Å². The van der Waals surface area contributed by atoms with Gasteiger partial charge in [0.15, 0.2) is 0 Å². The van der Waals surface area contributed by atoms with Gasteiger partial charge in [0.25, 0.3) is 0 Å². The highest BCUT2D eigenvalue weighted by atomic mass is 19.1. The smallest absolute Gasteiger partial charge is 0.0906 e. The van der Waals surface area contributed by atoms with Crippen LogP contribution in [0, 0.1) is 5.92 Å². The van der Waals surface area contributed by atoms with Crippen LogP contribution in [0.5, 0.6) is 0 Å². The standard InChI is InChI=1S/C15H29FN2/c1-13(2)14-11-18(10-6-9-16)15(12-17-14)7-4-3-5-8-15/h13-14,17H,3-12H2,1-2H3. The molecule has 0 aromatic carbocycles. The van der Waals surface area contributed by atoms with Crippen molar-refractivity contribution in [2.24, 2.45) is 5.92 Å². The van der Waals surface area contributed by atoms with E-state index in [4.69, 9.17) is 0 Å². The first-order valence-electron chi connectivity index (χ1n) is 7.72. The molecule has 0 aromatic heterocycles. The zero-order valence-electron chi connectivity index (χ0n) is 12.1. The number of halogens is 1. The molecule has 2 nitrogen and oxygen atoms in total. The molecule has 2 aliphatic rings. The molecule has 0 aromatic rings. The van der Waals surface area contributed by atoms with E-state index in [2.05, 4.69) is 24.1 Å². The molecule has 1 atom stereocenters. The molecule has 1 unspecified atom stereocenters. The summed E-state index contributed by atoms with van der Waals surface area (Å²) in [7, 11) is 0. The highest BCUT2D eigenvalue weighted by molar-refractivity contribution is 5.00. The Hall–Kier alpha value is -0.150. The van der Waals surface area contributed by atoms with Crippen LogP contribution in [0.15, 0.2) is 0 Å².